The highest BCUT2D eigenvalue weighted by atomic mass is 79.9. The van der Waals surface area contributed by atoms with E-state index in [1.807, 2.05) is 6.07 Å². The van der Waals surface area contributed by atoms with Crippen molar-refractivity contribution in [1.29, 1.82) is 0 Å². The Morgan fingerprint density at radius 1 is 1.17 bits per heavy atom. The van der Waals surface area contributed by atoms with Crippen LogP contribution in [-0.2, 0) is 4.74 Å². The van der Waals surface area contributed by atoms with Gasteiger partial charge < -0.3 is 14.8 Å². The Balaban J connectivity index is 1.75. The first-order valence-corrected chi connectivity index (χ1v) is 8.87. The second kappa shape index (κ2) is 6.17. The molecular formula is C19H20BrNO2. The van der Waals surface area contributed by atoms with Gasteiger partial charge in [-0.3, -0.25) is 0 Å². The summed E-state index contributed by atoms with van der Waals surface area (Å²) in [5.74, 6) is 1.34. The quantitative estimate of drug-likeness (QED) is 0.794. The highest BCUT2D eigenvalue weighted by Crippen LogP contribution is 2.49. The van der Waals surface area contributed by atoms with E-state index in [9.17, 15) is 0 Å². The van der Waals surface area contributed by atoms with E-state index in [0.29, 0.717) is 5.92 Å². The van der Waals surface area contributed by atoms with Gasteiger partial charge >= 0.3 is 0 Å². The number of hydrogen-bond acceptors (Lipinski definition) is 3. The molecule has 1 N–H and O–H groups in total. The molecule has 1 fully saturated rings. The number of ether oxygens (including phenoxy) is 2. The molecule has 3 nitrogen and oxygen atoms in total. The van der Waals surface area contributed by atoms with Crippen molar-refractivity contribution in [2.75, 3.05) is 19.0 Å². The lowest BCUT2D eigenvalue weighted by Gasteiger charge is -2.43. The zero-order chi connectivity index (χ0) is 15.8. The van der Waals surface area contributed by atoms with Gasteiger partial charge in [0.2, 0.25) is 0 Å². The summed E-state index contributed by atoms with van der Waals surface area (Å²) in [5.41, 5.74) is 3.69. The number of nitrogens with one attached hydrogen (secondary N) is 1. The van der Waals surface area contributed by atoms with Gasteiger partial charge in [0.1, 0.15) is 5.75 Å². The normalized spacial score (nSPS) is 25.9. The summed E-state index contributed by atoms with van der Waals surface area (Å²) in [6.07, 6.45) is 2.44. The number of halogens is 1. The monoisotopic (exact) mass is 373 g/mol. The molecule has 0 aromatic heterocycles. The van der Waals surface area contributed by atoms with Crippen molar-refractivity contribution in [3.05, 3.63) is 58.1 Å². The average molecular weight is 374 g/mol. The maximum atomic E-state index is 6.18. The van der Waals surface area contributed by atoms with Crippen molar-refractivity contribution in [3.8, 4) is 5.75 Å². The molecule has 0 aliphatic carbocycles. The van der Waals surface area contributed by atoms with Gasteiger partial charge in [0.25, 0.3) is 0 Å². The number of anilines is 1. The summed E-state index contributed by atoms with van der Waals surface area (Å²) in [4.78, 5) is 0. The SMILES string of the molecule is COc1ccc2c(c1)[C@H]1OCCC[C@H]1[C@@H](c1ccc(Br)cc1)N2. The van der Waals surface area contributed by atoms with Gasteiger partial charge in [-0.15, -0.1) is 0 Å². The third-order valence-electron chi connectivity index (χ3n) is 4.90. The fourth-order valence-corrected chi connectivity index (χ4v) is 4.04. The molecule has 0 amide bonds. The van der Waals surface area contributed by atoms with Crippen LogP contribution >= 0.6 is 15.9 Å². The summed E-state index contributed by atoms with van der Waals surface area (Å²) in [7, 11) is 1.71. The maximum Gasteiger partial charge on any atom is 0.119 e. The van der Waals surface area contributed by atoms with Crippen LogP contribution in [0.3, 0.4) is 0 Å². The van der Waals surface area contributed by atoms with E-state index < -0.39 is 0 Å². The minimum atomic E-state index is 0.142. The lowest BCUT2D eigenvalue weighted by molar-refractivity contribution is -0.0382. The Morgan fingerprint density at radius 3 is 2.78 bits per heavy atom. The second-order valence-corrected chi connectivity index (χ2v) is 7.14. The summed E-state index contributed by atoms with van der Waals surface area (Å²) < 4.78 is 12.7. The van der Waals surface area contributed by atoms with Crippen LogP contribution in [0, 0.1) is 5.92 Å². The molecule has 4 heteroatoms. The fraction of sp³-hybridized carbons (Fsp3) is 0.368. The molecule has 2 aliphatic rings. The lowest BCUT2D eigenvalue weighted by atomic mass is 9.77. The van der Waals surface area contributed by atoms with Gasteiger partial charge in [-0.25, -0.2) is 0 Å². The van der Waals surface area contributed by atoms with E-state index >= 15 is 0 Å². The van der Waals surface area contributed by atoms with Crippen LogP contribution < -0.4 is 10.1 Å². The Hall–Kier alpha value is -1.52. The largest absolute Gasteiger partial charge is 0.497 e. The standard InChI is InChI=1S/C19H20BrNO2/c1-22-14-8-9-17-16(11-14)19-15(3-2-10-23-19)18(21-17)12-4-6-13(20)7-5-12/h4-9,11,15,18-19,21H,2-3,10H2,1H3/t15-,18+,19-/m0/s1. The van der Waals surface area contributed by atoms with E-state index in [2.05, 4.69) is 57.6 Å². The number of benzene rings is 2. The fourth-order valence-electron chi connectivity index (χ4n) is 3.78. The van der Waals surface area contributed by atoms with Gasteiger partial charge in [0, 0.05) is 28.2 Å². The van der Waals surface area contributed by atoms with Gasteiger partial charge in [-0.05, 0) is 48.7 Å². The van der Waals surface area contributed by atoms with Crippen molar-refractivity contribution in [2.45, 2.75) is 25.0 Å². The van der Waals surface area contributed by atoms with Gasteiger partial charge in [0.15, 0.2) is 0 Å². The van der Waals surface area contributed by atoms with Crippen molar-refractivity contribution in [1.82, 2.24) is 0 Å². The molecule has 2 aromatic rings. The van der Waals surface area contributed by atoms with E-state index in [-0.39, 0.29) is 12.1 Å². The highest BCUT2D eigenvalue weighted by molar-refractivity contribution is 9.10. The third-order valence-corrected chi connectivity index (χ3v) is 5.43. The van der Waals surface area contributed by atoms with E-state index in [1.54, 1.807) is 7.11 Å². The van der Waals surface area contributed by atoms with Crippen molar-refractivity contribution in [3.63, 3.8) is 0 Å². The highest BCUT2D eigenvalue weighted by Gasteiger charge is 2.39. The molecule has 3 atom stereocenters. The molecule has 0 radical (unpaired) electrons. The van der Waals surface area contributed by atoms with Crippen LogP contribution in [0.25, 0.3) is 0 Å². The predicted molar refractivity (Wildman–Crippen MR) is 94.9 cm³/mol. The molecule has 120 valence electrons. The number of hydrogen-bond donors (Lipinski definition) is 1. The summed E-state index contributed by atoms with van der Waals surface area (Å²) in [6, 6.07) is 15.1. The van der Waals surface area contributed by atoms with Gasteiger partial charge in [-0.2, -0.15) is 0 Å². The zero-order valence-electron chi connectivity index (χ0n) is 13.1. The van der Waals surface area contributed by atoms with Crippen LogP contribution in [0.2, 0.25) is 0 Å². The van der Waals surface area contributed by atoms with E-state index in [0.717, 1.165) is 28.9 Å². The van der Waals surface area contributed by atoms with Crippen molar-refractivity contribution >= 4 is 21.6 Å². The van der Waals surface area contributed by atoms with E-state index in [1.165, 1.54) is 17.5 Å². The van der Waals surface area contributed by atoms with Crippen LogP contribution in [0.5, 0.6) is 5.75 Å². The Kier molecular flexibility index (Phi) is 4.04. The number of methoxy groups -OCH3 is 1. The third kappa shape index (κ3) is 2.74. The molecule has 0 spiro atoms. The second-order valence-electron chi connectivity index (χ2n) is 6.22. The van der Waals surface area contributed by atoms with Crippen LogP contribution in [-0.4, -0.2) is 13.7 Å². The molecule has 1 saturated heterocycles. The summed E-state index contributed by atoms with van der Waals surface area (Å²) in [5, 5.41) is 3.73. The average Bonchev–Trinajstić information content (AvgIpc) is 2.61. The molecule has 2 aromatic carbocycles. The van der Waals surface area contributed by atoms with Crippen LogP contribution in [0.15, 0.2) is 46.9 Å². The molecule has 0 unspecified atom stereocenters. The smallest absolute Gasteiger partial charge is 0.119 e. The van der Waals surface area contributed by atoms with Crippen LogP contribution in [0.4, 0.5) is 5.69 Å². The molecule has 4 rings (SSSR count). The molecule has 23 heavy (non-hydrogen) atoms. The van der Waals surface area contributed by atoms with Gasteiger partial charge in [-0.1, -0.05) is 28.1 Å². The minimum absolute atomic E-state index is 0.142. The van der Waals surface area contributed by atoms with Gasteiger partial charge in [0.05, 0.1) is 19.3 Å². The zero-order valence-corrected chi connectivity index (χ0v) is 14.7. The molecule has 0 bridgehead atoms. The predicted octanol–water partition coefficient (Wildman–Crippen LogP) is 5.09. The Bertz CT molecular complexity index is 701. The van der Waals surface area contributed by atoms with Crippen LogP contribution in [0.1, 0.15) is 36.1 Å². The topological polar surface area (TPSA) is 30.5 Å². The van der Waals surface area contributed by atoms with Crippen molar-refractivity contribution in [2.24, 2.45) is 5.92 Å². The first-order valence-electron chi connectivity index (χ1n) is 8.08. The van der Waals surface area contributed by atoms with Crippen molar-refractivity contribution < 1.29 is 9.47 Å². The Labute approximate surface area is 145 Å². The number of rotatable bonds is 2. The lowest BCUT2D eigenvalue weighted by Crippen LogP contribution is -2.35. The maximum absolute atomic E-state index is 6.18. The molecule has 2 aliphatic heterocycles. The molecular weight excluding hydrogens is 354 g/mol. The summed E-state index contributed by atoms with van der Waals surface area (Å²) in [6.45, 7) is 0.838. The first-order chi connectivity index (χ1) is 11.3. The molecule has 0 saturated carbocycles. The minimum Gasteiger partial charge on any atom is -0.497 e. The number of fused-ring (bicyclic) bond motifs is 3. The summed E-state index contributed by atoms with van der Waals surface area (Å²) >= 11 is 3.52. The first kappa shape index (κ1) is 15.0. The van der Waals surface area contributed by atoms with E-state index in [4.69, 9.17) is 9.47 Å². The Morgan fingerprint density at radius 2 is 2.00 bits per heavy atom. The molecule has 2 heterocycles.